The lowest BCUT2D eigenvalue weighted by molar-refractivity contribution is -0.118. The summed E-state index contributed by atoms with van der Waals surface area (Å²) in [5.41, 5.74) is 1.24. The molecule has 0 aliphatic heterocycles. The fraction of sp³-hybridized carbons (Fsp3) is 0.357. The van der Waals surface area contributed by atoms with E-state index in [1.165, 1.54) is 0 Å². The number of fused-ring (bicyclic) bond motifs is 1. The summed E-state index contributed by atoms with van der Waals surface area (Å²) in [6, 6.07) is 1.57. The van der Waals surface area contributed by atoms with E-state index >= 15 is 0 Å². The Morgan fingerprint density at radius 1 is 1.30 bits per heavy atom. The Balaban J connectivity index is 2.21. The lowest BCUT2D eigenvalue weighted by atomic mass is 9.90. The number of benzene rings is 1. The summed E-state index contributed by atoms with van der Waals surface area (Å²) in [6.07, 6.45) is 2.75. The van der Waals surface area contributed by atoms with E-state index in [2.05, 4.69) is 31.9 Å². The molecule has 1 aromatic rings. The van der Waals surface area contributed by atoms with Crippen LogP contribution in [0.25, 0.3) is 5.57 Å². The highest BCUT2D eigenvalue weighted by molar-refractivity contribution is 9.12. The first kappa shape index (κ1) is 14.5. The summed E-state index contributed by atoms with van der Waals surface area (Å²) in [7, 11) is 0. The highest BCUT2D eigenvalue weighted by atomic mass is 79.9. The number of Topliss-reactive ketones (excluding diaryl/α,β-unsaturated/α-hetero) is 1. The average molecular weight is 424 g/mol. The lowest BCUT2D eigenvalue weighted by Crippen LogP contribution is -2.10. The topological polar surface area (TPSA) is 37.3 Å². The molecule has 0 aromatic heterocycles. The van der Waals surface area contributed by atoms with E-state index in [-0.39, 0.29) is 27.1 Å². The molecule has 0 radical (unpaired) electrons. The van der Waals surface area contributed by atoms with Gasteiger partial charge in [0.1, 0.15) is 0 Å². The highest BCUT2D eigenvalue weighted by Gasteiger charge is 2.44. The van der Waals surface area contributed by atoms with E-state index in [0.717, 1.165) is 24.8 Å². The third-order valence-corrected chi connectivity index (χ3v) is 5.89. The van der Waals surface area contributed by atoms with Crippen LogP contribution in [0.2, 0.25) is 5.02 Å². The van der Waals surface area contributed by atoms with E-state index in [9.17, 15) is 14.3 Å². The van der Waals surface area contributed by atoms with Gasteiger partial charge in [0, 0.05) is 11.5 Å². The first-order valence-electron chi connectivity index (χ1n) is 6.24. The van der Waals surface area contributed by atoms with Crippen LogP contribution >= 0.6 is 43.5 Å². The van der Waals surface area contributed by atoms with E-state index in [4.69, 9.17) is 11.6 Å². The van der Waals surface area contributed by atoms with Gasteiger partial charge in [-0.3, -0.25) is 4.79 Å². The minimum absolute atomic E-state index is 0.0221. The van der Waals surface area contributed by atoms with Crippen LogP contribution in [0.5, 0.6) is 5.75 Å². The van der Waals surface area contributed by atoms with Gasteiger partial charge in [0.2, 0.25) is 0 Å². The number of rotatable bonds is 1. The molecule has 2 aliphatic carbocycles. The van der Waals surface area contributed by atoms with Gasteiger partial charge < -0.3 is 5.11 Å². The maximum atomic E-state index is 13.9. The molecule has 1 saturated carbocycles. The maximum Gasteiger partial charge on any atom is 0.185 e. The van der Waals surface area contributed by atoms with E-state index in [1.807, 2.05) is 0 Å². The lowest BCUT2D eigenvalue weighted by Gasteiger charge is -2.16. The van der Waals surface area contributed by atoms with Gasteiger partial charge in [-0.2, -0.15) is 0 Å². The quantitative estimate of drug-likeness (QED) is 0.641. The summed E-state index contributed by atoms with van der Waals surface area (Å²) >= 11 is 12.5. The SMILES string of the molecule is O=C1C(Br)=C(c2cc(Br)c(O)c(F)c2Cl)C2CCCC12. The van der Waals surface area contributed by atoms with Crippen molar-refractivity contribution in [3.8, 4) is 5.75 Å². The number of aromatic hydroxyl groups is 1. The van der Waals surface area contributed by atoms with Crippen LogP contribution in [0.15, 0.2) is 15.0 Å². The van der Waals surface area contributed by atoms with Gasteiger partial charge in [-0.05, 0) is 62.3 Å². The Bertz CT molecular complexity index is 657. The zero-order valence-corrected chi connectivity index (χ0v) is 14.1. The number of ketones is 1. The highest BCUT2D eigenvalue weighted by Crippen LogP contribution is 2.53. The van der Waals surface area contributed by atoms with Crippen molar-refractivity contribution in [2.24, 2.45) is 11.8 Å². The molecule has 0 heterocycles. The number of phenols is 1. The standard InChI is InChI=1S/C14H10Br2ClFO2/c15-8-4-7(11(17)12(18)14(8)20)9-5-2-1-3-6(5)13(19)10(9)16/h4-6,20H,1-3H2. The van der Waals surface area contributed by atoms with Gasteiger partial charge in [-0.1, -0.05) is 18.0 Å². The molecule has 3 rings (SSSR count). The second-order valence-electron chi connectivity index (χ2n) is 5.12. The molecule has 1 N–H and O–H groups in total. The van der Waals surface area contributed by atoms with Gasteiger partial charge >= 0.3 is 0 Å². The van der Waals surface area contributed by atoms with Crippen molar-refractivity contribution in [2.45, 2.75) is 19.3 Å². The summed E-state index contributed by atoms with van der Waals surface area (Å²) in [6.45, 7) is 0. The van der Waals surface area contributed by atoms with Gasteiger partial charge in [-0.15, -0.1) is 0 Å². The molecule has 0 bridgehead atoms. The van der Waals surface area contributed by atoms with Crippen LogP contribution in [0, 0.1) is 17.7 Å². The first-order chi connectivity index (χ1) is 9.43. The van der Waals surface area contributed by atoms with Crippen molar-refractivity contribution in [2.75, 3.05) is 0 Å². The fourth-order valence-electron chi connectivity index (χ4n) is 3.18. The number of halogens is 4. The van der Waals surface area contributed by atoms with Crippen molar-refractivity contribution in [3.63, 3.8) is 0 Å². The molecular weight excluding hydrogens is 414 g/mol. The summed E-state index contributed by atoms with van der Waals surface area (Å²) in [5, 5.41) is 9.42. The third-order valence-electron chi connectivity index (χ3n) is 4.10. The van der Waals surface area contributed by atoms with Crippen molar-refractivity contribution >= 4 is 54.8 Å². The Hall–Kier alpha value is -0.390. The second-order valence-corrected chi connectivity index (χ2v) is 7.14. The minimum Gasteiger partial charge on any atom is -0.504 e. The normalized spacial score (nSPS) is 25.5. The molecule has 2 nitrogen and oxygen atoms in total. The molecule has 0 amide bonds. The number of hydrogen-bond donors (Lipinski definition) is 1. The number of carbonyl (C=O) groups excluding carboxylic acids is 1. The molecule has 1 aromatic carbocycles. The van der Waals surface area contributed by atoms with Crippen LogP contribution in [0.3, 0.4) is 0 Å². The number of phenolic OH excluding ortho intramolecular Hbond substituents is 1. The second kappa shape index (κ2) is 5.11. The molecule has 20 heavy (non-hydrogen) atoms. The molecule has 2 atom stereocenters. The predicted molar refractivity (Wildman–Crippen MR) is 82.5 cm³/mol. The van der Waals surface area contributed by atoms with Crippen LogP contribution < -0.4 is 0 Å². The Labute approximate surface area is 137 Å². The number of carbonyl (C=O) groups is 1. The predicted octanol–water partition coefficient (Wildman–Crippen LogP) is 5.05. The minimum atomic E-state index is -0.863. The van der Waals surface area contributed by atoms with Crippen molar-refractivity contribution in [1.29, 1.82) is 0 Å². The molecule has 0 saturated heterocycles. The number of hydrogen-bond acceptors (Lipinski definition) is 2. The van der Waals surface area contributed by atoms with E-state index in [1.54, 1.807) is 6.07 Å². The number of allylic oxidation sites excluding steroid dienone is 2. The molecule has 2 unspecified atom stereocenters. The molecule has 106 valence electrons. The van der Waals surface area contributed by atoms with E-state index < -0.39 is 11.6 Å². The molecule has 1 fully saturated rings. The van der Waals surface area contributed by atoms with Gasteiger partial charge in [0.15, 0.2) is 17.3 Å². The van der Waals surface area contributed by atoms with Gasteiger partial charge in [0.05, 0.1) is 14.0 Å². The molecule has 6 heteroatoms. The van der Waals surface area contributed by atoms with Gasteiger partial charge in [-0.25, -0.2) is 4.39 Å². The van der Waals surface area contributed by atoms with Crippen LogP contribution in [-0.2, 0) is 4.79 Å². The van der Waals surface area contributed by atoms with Crippen molar-refractivity contribution in [3.05, 3.63) is 31.4 Å². The van der Waals surface area contributed by atoms with E-state index in [0.29, 0.717) is 10.0 Å². The van der Waals surface area contributed by atoms with Gasteiger partial charge in [0.25, 0.3) is 0 Å². The zero-order chi connectivity index (χ0) is 14.6. The maximum absolute atomic E-state index is 13.9. The Kier molecular flexibility index (Phi) is 3.72. The van der Waals surface area contributed by atoms with Crippen LogP contribution in [0.4, 0.5) is 4.39 Å². The summed E-state index contributed by atoms with van der Waals surface area (Å²) in [5.74, 6) is -1.24. The monoisotopic (exact) mass is 422 g/mol. The largest absolute Gasteiger partial charge is 0.504 e. The van der Waals surface area contributed by atoms with Crippen molar-refractivity contribution < 1.29 is 14.3 Å². The molecule has 2 aliphatic rings. The van der Waals surface area contributed by atoms with Crippen LogP contribution in [0.1, 0.15) is 24.8 Å². The Morgan fingerprint density at radius 3 is 2.65 bits per heavy atom. The smallest absolute Gasteiger partial charge is 0.185 e. The third kappa shape index (κ3) is 1.97. The van der Waals surface area contributed by atoms with Crippen LogP contribution in [-0.4, -0.2) is 10.9 Å². The first-order valence-corrected chi connectivity index (χ1v) is 8.20. The average Bonchev–Trinajstić information content (AvgIpc) is 2.97. The van der Waals surface area contributed by atoms with Crippen molar-refractivity contribution in [1.82, 2.24) is 0 Å². The summed E-state index contributed by atoms with van der Waals surface area (Å²) < 4.78 is 14.7. The fourth-order valence-corrected chi connectivity index (χ4v) is 4.63. The summed E-state index contributed by atoms with van der Waals surface area (Å²) in [4.78, 5) is 12.2. The Morgan fingerprint density at radius 2 is 1.95 bits per heavy atom. The molecule has 0 spiro atoms. The zero-order valence-electron chi connectivity index (χ0n) is 10.2. The molecular formula is C14H10Br2ClFO2.